The molecule has 17 heavy (non-hydrogen) atoms. The third-order valence-corrected chi connectivity index (χ3v) is 3.27. The quantitative estimate of drug-likeness (QED) is 0.729. The molecular formula is C12H25N3O2. The van der Waals surface area contributed by atoms with Crippen molar-refractivity contribution in [1.82, 2.24) is 10.2 Å². The predicted molar refractivity (Wildman–Crippen MR) is 67.9 cm³/mol. The Bertz CT molecular complexity index is 226. The van der Waals surface area contributed by atoms with Gasteiger partial charge in [-0.05, 0) is 19.3 Å². The van der Waals surface area contributed by atoms with Gasteiger partial charge in [0.1, 0.15) is 0 Å². The number of carbonyl (C=O) groups excluding carboxylic acids is 1. The van der Waals surface area contributed by atoms with Crippen molar-refractivity contribution in [1.29, 1.82) is 0 Å². The van der Waals surface area contributed by atoms with Crippen molar-refractivity contribution in [2.45, 2.75) is 45.2 Å². The van der Waals surface area contributed by atoms with Crippen LogP contribution in [0.4, 0.5) is 4.79 Å². The van der Waals surface area contributed by atoms with E-state index in [9.17, 15) is 4.79 Å². The van der Waals surface area contributed by atoms with Crippen LogP contribution in [-0.4, -0.2) is 49.3 Å². The second-order valence-corrected chi connectivity index (χ2v) is 4.46. The minimum atomic E-state index is -0.000324. The number of urea groups is 1. The summed E-state index contributed by atoms with van der Waals surface area (Å²) in [5.74, 6) is 0. The molecule has 0 aromatic heterocycles. The Balaban J connectivity index is 2.52. The van der Waals surface area contributed by atoms with Crippen LogP contribution < -0.4 is 11.1 Å². The molecule has 100 valence electrons. The van der Waals surface area contributed by atoms with Crippen molar-refractivity contribution >= 4 is 6.03 Å². The third-order valence-electron chi connectivity index (χ3n) is 3.27. The highest BCUT2D eigenvalue weighted by molar-refractivity contribution is 5.75. The largest absolute Gasteiger partial charge is 0.379 e. The molecule has 1 fully saturated rings. The van der Waals surface area contributed by atoms with Crippen LogP contribution in [-0.2, 0) is 4.74 Å². The van der Waals surface area contributed by atoms with E-state index < -0.39 is 0 Å². The first kappa shape index (κ1) is 14.3. The highest BCUT2D eigenvalue weighted by Crippen LogP contribution is 2.10. The van der Waals surface area contributed by atoms with E-state index in [-0.39, 0.29) is 18.1 Å². The fraction of sp³-hybridized carbons (Fsp3) is 0.917. The molecule has 0 spiro atoms. The van der Waals surface area contributed by atoms with E-state index in [1.165, 1.54) is 0 Å². The molecule has 0 saturated carbocycles. The molecular weight excluding hydrogens is 218 g/mol. The van der Waals surface area contributed by atoms with Gasteiger partial charge in [0.15, 0.2) is 0 Å². The summed E-state index contributed by atoms with van der Waals surface area (Å²) in [4.78, 5) is 14.0. The van der Waals surface area contributed by atoms with Gasteiger partial charge in [-0.2, -0.15) is 0 Å². The van der Waals surface area contributed by atoms with Crippen LogP contribution in [0.3, 0.4) is 0 Å². The van der Waals surface area contributed by atoms with Crippen molar-refractivity contribution in [3.8, 4) is 0 Å². The number of carbonyl (C=O) groups is 1. The maximum atomic E-state index is 12.2. The zero-order valence-corrected chi connectivity index (χ0v) is 10.9. The van der Waals surface area contributed by atoms with Gasteiger partial charge in [0.2, 0.25) is 0 Å². The summed E-state index contributed by atoms with van der Waals surface area (Å²) in [5.41, 5.74) is 5.58. The molecule has 1 unspecified atom stereocenters. The van der Waals surface area contributed by atoms with Crippen molar-refractivity contribution in [3.05, 3.63) is 0 Å². The maximum absolute atomic E-state index is 12.2. The molecule has 1 aliphatic heterocycles. The third kappa shape index (κ3) is 4.16. The highest BCUT2D eigenvalue weighted by Gasteiger charge is 2.24. The van der Waals surface area contributed by atoms with Gasteiger partial charge in [-0.15, -0.1) is 0 Å². The van der Waals surface area contributed by atoms with E-state index in [2.05, 4.69) is 19.2 Å². The Morgan fingerprint density at radius 3 is 2.71 bits per heavy atom. The van der Waals surface area contributed by atoms with Gasteiger partial charge in [0.05, 0.1) is 12.6 Å². The molecule has 1 aliphatic rings. The molecule has 3 N–H and O–H groups in total. The van der Waals surface area contributed by atoms with Gasteiger partial charge >= 0.3 is 6.03 Å². The van der Waals surface area contributed by atoms with Gasteiger partial charge in [0, 0.05) is 25.7 Å². The van der Waals surface area contributed by atoms with E-state index in [1.807, 2.05) is 4.90 Å². The average molecular weight is 243 g/mol. The molecule has 2 amide bonds. The number of hydrogen-bond donors (Lipinski definition) is 2. The Morgan fingerprint density at radius 1 is 1.53 bits per heavy atom. The van der Waals surface area contributed by atoms with Crippen LogP contribution in [0.25, 0.3) is 0 Å². The lowest BCUT2D eigenvalue weighted by Crippen LogP contribution is -2.50. The van der Waals surface area contributed by atoms with Gasteiger partial charge in [0.25, 0.3) is 0 Å². The average Bonchev–Trinajstić information content (AvgIpc) is 2.82. The fourth-order valence-electron chi connectivity index (χ4n) is 2.22. The lowest BCUT2D eigenvalue weighted by atomic mass is 10.1. The van der Waals surface area contributed by atoms with Gasteiger partial charge < -0.3 is 20.7 Å². The monoisotopic (exact) mass is 243 g/mol. The Morgan fingerprint density at radius 2 is 2.24 bits per heavy atom. The molecule has 0 aromatic rings. The van der Waals surface area contributed by atoms with Crippen LogP contribution >= 0.6 is 0 Å². The van der Waals surface area contributed by atoms with Gasteiger partial charge in [-0.25, -0.2) is 4.79 Å². The highest BCUT2D eigenvalue weighted by atomic mass is 16.5. The van der Waals surface area contributed by atoms with E-state index in [0.29, 0.717) is 19.7 Å². The minimum Gasteiger partial charge on any atom is -0.379 e. The Hall–Kier alpha value is -0.810. The predicted octanol–water partition coefficient (Wildman–Crippen LogP) is 0.934. The second-order valence-electron chi connectivity index (χ2n) is 4.46. The number of rotatable bonds is 6. The summed E-state index contributed by atoms with van der Waals surface area (Å²) in [6.07, 6.45) is 2.83. The number of hydrogen-bond acceptors (Lipinski definition) is 3. The summed E-state index contributed by atoms with van der Waals surface area (Å²) in [6, 6.07) is 0.442. The van der Waals surface area contributed by atoms with Gasteiger partial charge in [-0.3, -0.25) is 0 Å². The van der Waals surface area contributed by atoms with Crippen LogP contribution in [0.1, 0.15) is 33.1 Å². The number of nitrogens with two attached hydrogens (primary N) is 1. The molecule has 1 saturated heterocycles. The van der Waals surface area contributed by atoms with Crippen molar-refractivity contribution < 1.29 is 9.53 Å². The summed E-state index contributed by atoms with van der Waals surface area (Å²) < 4.78 is 5.25. The van der Waals surface area contributed by atoms with E-state index >= 15 is 0 Å². The molecule has 0 aliphatic carbocycles. The maximum Gasteiger partial charge on any atom is 0.317 e. The van der Waals surface area contributed by atoms with Crippen molar-refractivity contribution in [2.24, 2.45) is 5.73 Å². The Kier molecular flexibility index (Phi) is 6.29. The first-order chi connectivity index (χ1) is 8.22. The molecule has 5 nitrogen and oxygen atoms in total. The fourth-order valence-corrected chi connectivity index (χ4v) is 2.22. The normalized spacial score (nSPS) is 19.6. The molecule has 0 radical (unpaired) electrons. The summed E-state index contributed by atoms with van der Waals surface area (Å²) in [6.45, 7) is 6.70. The van der Waals surface area contributed by atoms with Crippen molar-refractivity contribution in [3.63, 3.8) is 0 Å². The summed E-state index contributed by atoms with van der Waals surface area (Å²) in [7, 11) is 0. The first-order valence-corrected chi connectivity index (χ1v) is 6.57. The van der Waals surface area contributed by atoms with Crippen LogP contribution in [0, 0.1) is 0 Å². The first-order valence-electron chi connectivity index (χ1n) is 6.57. The standard InChI is InChI=1S/C12H25N3O2/c1-3-11(4-2)15(7-6-13)12(16)14-10-5-8-17-9-10/h10-11H,3-9,13H2,1-2H3,(H,14,16). The topological polar surface area (TPSA) is 67.6 Å². The van der Waals surface area contributed by atoms with E-state index in [4.69, 9.17) is 10.5 Å². The van der Waals surface area contributed by atoms with Crippen LogP contribution in [0.5, 0.6) is 0 Å². The number of nitrogens with one attached hydrogen (secondary N) is 1. The molecule has 0 aromatic carbocycles. The van der Waals surface area contributed by atoms with E-state index in [1.54, 1.807) is 0 Å². The summed E-state index contributed by atoms with van der Waals surface area (Å²) >= 11 is 0. The SMILES string of the molecule is CCC(CC)N(CCN)C(=O)NC1CCOC1. The molecule has 0 bridgehead atoms. The van der Waals surface area contributed by atoms with Crippen LogP contribution in [0.15, 0.2) is 0 Å². The molecule has 5 heteroatoms. The lowest BCUT2D eigenvalue weighted by molar-refractivity contribution is 0.161. The smallest absolute Gasteiger partial charge is 0.317 e. The zero-order chi connectivity index (χ0) is 12.7. The molecule has 1 atom stereocenters. The minimum absolute atomic E-state index is 0.000324. The van der Waals surface area contributed by atoms with Crippen LogP contribution in [0.2, 0.25) is 0 Å². The molecule has 1 rings (SSSR count). The summed E-state index contributed by atoms with van der Waals surface area (Å²) in [5, 5.41) is 3.02. The number of ether oxygens (including phenoxy) is 1. The number of amides is 2. The second kappa shape index (κ2) is 7.50. The molecule has 1 heterocycles. The Labute approximate surface area is 104 Å². The number of nitrogens with zero attached hydrogens (tertiary/aromatic N) is 1. The van der Waals surface area contributed by atoms with E-state index in [0.717, 1.165) is 25.9 Å². The van der Waals surface area contributed by atoms with Gasteiger partial charge in [-0.1, -0.05) is 13.8 Å². The zero-order valence-electron chi connectivity index (χ0n) is 10.9. The lowest BCUT2D eigenvalue weighted by Gasteiger charge is -2.31. The van der Waals surface area contributed by atoms with Crippen molar-refractivity contribution in [2.75, 3.05) is 26.3 Å².